The number of hydrogen-bond donors (Lipinski definition) is 0. The molecule has 156 valence electrons. The lowest BCUT2D eigenvalue weighted by molar-refractivity contribution is -0.470. The van der Waals surface area contributed by atoms with Crippen LogP contribution in [0.2, 0.25) is 0 Å². The molecule has 6 heteroatoms. The molecule has 2 spiro atoms. The van der Waals surface area contributed by atoms with Gasteiger partial charge in [-0.05, 0) is 86.4 Å². The molecule has 0 radical (unpaired) electrons. The molecular formula is C23H28O6. The first-order valence-electron chi connectivity index (χ1n) is 11.7. The summed E-state index contributed by atoms with van der Waals surface area (Å²) < 4.78 is 23.9. The molecule has 8 bridgehead atoms. The lowest BCUT2D eigenvalue weighted by atomic mass is 9.30. The molecule has 0 aromatic heterocycles. The molecule has 10 rings (SSSR count). The Bertz CT molecular complexity index is 845. The molecule has 8 atom stereocenters. The summed E-state index contributed by atoms with van der Waals surface area (Å²) in [6.45, 7) is 2.46. The smallest absolute Gasteiger partial charge is 0.426 e. The summed E-state index contributed by atoms with van der Waals surface area (Å²) in [5.74, 6) is 2.61. The van der Waals surface area contributed by atoms with Crippen molar-refractivity contribution in [3.63, 3.8) is 0 Å². The van der Waals surface area contributed by atoms with E-state index in [0.29, 0.717) is 24.2 Å². The van der Waals surface area contributed by atoms with E-state index in [1.54, 1.807) is 0 Å². The van der Waals surface area contributed by atoms with Crippen LogP contribution in [0.25, 0.3) is 0 Å². The summed E-state index contributed by atoms with van der Waals surface area (Å²) in [6.07, 6.45) is 8.76. The third-order valence-electron chi connectivity index (χ3n) is 11.3. The van der Waals surface area contributed by atoms with Gasteiger partial charge in [-0.15, -0.1) is 0 Å². The quantitative estimate of drug-likeness (QED) is 0.608. The third-order valence-corrected chi connectivity index (χ3v) is 11.3. The van der Waals surface area contributed by atoms with Crippen molar-refractivity contribution in [2.75, 3.05) is 0 Å². The summed E-state index contributed by atoms with van der Waals surface area (Å²) in [5, 5.41) is 0. The maximum Gasteiger partial charge on any atom is 0.515 e. The Labute approximate surface area is 169 Å². The van der Waals surface area contributed by atoms with Gasteiger partial charge in [0, 0.05) is 12.3 Å². The van der Waals surface area contributed by atoms with Gasteiger partial charge in [-0.25, -0.2) is 9.59 Å². The summed E-state index contributed by atoms with van der Waals surface area (Å²) in [7, 11) is 0. The van der Waals surface area contributed by atoms with Gasteiger partial charge in [-0.1, -0.05) is 6.92 Å². The number of hydrogen-bond acceptors (Lipinski definition) is 6. The second-order valence-corrected chi connectivity index (χ2v) is 12.0. The average molecular weight is 400 g/mol. The van der Waals surface area contributed by atoms with Gasteiger partial charge >= 0.3 is 18.1 Å². The normalized spacial score (nSPS) is 61.6. The zero-order chi connectivity index (χ0) is 19.4. The van der Waals surface area contributed by atoms with Gasteiger partial charge in [0.1, 0.15) is 0 Å². The number of carbonyl (C=O) groups excluding carboxylic acids is 2. The van der Waals surface area contributed by atoms with Crippen LogP contribution in [0.15, 0.2) is 0 Å². The number of carbonyl (C=O) groups is 2. The van der Waals surface area contributed by atoms with E-state index in [1.165, 1.54) is 32.1 Å². The number of ether oxygens (including phenoxy) is 4. The zero-order valence-electron chi connectivity index (χ0n) is 16.9. The Kier molecular flexibility index (Phi) is 2.48. The maximum atomic E-state index is 12.4. The predicted molar refractivity (Wildman–Crippen MR) is 97.4 cm³/mol. The van der Waals surface area contributed by atoms with Crippen LogP contribution in [0.4, 0.5) is 9.59 Å². The molecule has 29 heavy (non-hydrogen) atoms. The fraction of sp³-hybridized carbons (Fsp3) is 0.913. The van der Waals surface area contributed by atoms with Crippen molar-refractivity contribution in [1.82, 2.24) is 0 Å². The lowest BCUT2D eigenvalue weighted by Gasteiger charge is -2.78. The standard InChI is InChI=1S/C23H28O6/c1-11-15-3-12-2-13(4-15)7-20(11,6-12)21-8-14-5-16(10-21)17-22(9-14,27-18(24)26-17)23(21)28-19(25)29-23/h11-17H,2-10H2,1H3. The number of rotatable bonds is 1. The molecule has 10 fully saturated rings. The Hall–Kier alpha value is -1.46. The maximum absolute atomic E-state index is 12.4. The van der Waals surface area contributed by atoms with Crippen LogP contribution in [0.5, 0.6) is 0 Å². The molecule has 0 aromatic rings. The topological polar surface area (TPSA) is 71.1 Å². The first-order chi connectivity index (χ1) is 13.9. The van der Waals surface area contributed by atoms with Gasteiger partial charge in [0.15, 0.2) is 6.10 Å². The second-order valence-electron chi connectivity index (χ2n) is 12.0. The minimum Gasteiger partial charge on any atom is -0.426 e. The summed E-state index contributed by atoms with van der Waals surface area (Å²) in [5.41, 5.74) is -1.07. The van der Waals surface area contributed by atoms with Gasteiger partial charge in [-0.2, -0.15) is 0 Å². The molecule has 0 amide bonds. The van der Waals surface area contributed by atoms with Gasteiger partial charge in [0.05, 0.1) is 5.41 Å². The highest BCUT2D eigenvalue weighted by Gasteiger charge is 2.92. The van der Waals surface area contributed by atoms with Crippen molar-refractivity contribution in [1.29, 1.82) is 0 Å². The second kappa shape index (κ2) is 4.43. The SMILES string of the molecule is CC1C2CC3CC(C2)CC1(C12CC4CC(C1)C1OC(=O)OC1(C4)C21OC(=O)O1)C3. The highest BCUT2D eigenvalue weighted by molar-refractivity contribution is 5.71. The van der Waals surface area contributed by atoms with Gasteiger partial charge < -0.3 is 18.9 Å². The molecule has 10 aliphatic rings. The minimum atomic E-state index is -1.14. The highest BCUT2D eigenvalue weighted by atomic mass is 16.9. The Morgan fingerprint density at radius 1 is 0.759 bits per heavy atom. The van der Waals surface area contributed by atoms with Crippen LogP contribution >= 0.6 is 0 Å². The third kappa shape index (κ3) is 1.43. The molecule has 8 unspecified atom stereocenters. The molecule has 2 aliphatic heterocycles. The molecule has 2 heterocycles. The first-order valence-corrected chi connectivity index (χ1v) is 11.7. The molecule has 0 N–H and O–H groups in total. The van der Waals surface area contributed by atoms with Crippen LogP contribution in [0.3, 0.4) is 0 Å². The molecule has 6 nitrogen and oxygen atoms in total. The predicted octanol–water partition coefficient (Wildman–Crippen LogP) is 4.41. The average Bonchev–Trinajstić information content (AvgIpc) is 2.98. The van der Waals surface area contributed by atoms with E-state index < -0.39 is 23.7 Å². The van der Waals surface area contributed by atoms with E-state index in [9.17, 15) is 9.59 Å². The molecular weight excluding hydrogens is 372 g/mol. The van der Waals surface area contributed by atoms with Gasteiger partial charge in [0.2, 0.25) is 5.60 Å². The summed E-state index contributed by atoms with van der Waals surface area (Å²) >= 11 is 0. The van der Waals surface area contributed by atoms with Crippen molar-refractivity contribution < 1.29 is 28.5 Å². The van der Waals surface area contributed by atoms with Crippen LogP contribution in [-0.2, 0) is 18.9 Å². The van der Waals surface area contributed by atoms with Crippen molar-refractivity contribution >= 4 is 12.3 Å². The van der Waals surface area contributed by atoms with E-state index in [2.05, 4.69) is 6.92 Å². The Morgan fingerprint density at radius 3 is 2.21 bits per heavy atom. The van der Waals surface area contributed by atoms with E-state index in [4.69, 9.17) is 18.9 Å². The van der Waals surface area contributed by atoms with Crippen molar-refractivity contribution in [2.24, 2.45) is 46.3 Å². The van der Waals surface area contributed by atoms with Crippen molar-refractivity contribution in [3.8, 4) is 0 Å². The van der Waals surface area contributed by atoms with Gasteiger partial charge in [-0.3, -0.25) is 0 Å². The molecule has 0 aromatic carbocycles. The summed E-state index contributed by atoms with van der Waals surface area (Å²) in [6, 6.07) is 0. The molecule has 8 aliphatic carbocycles. The van der Waals surface area contributed by atoms with E-state index in [0.717, 1.165) is 37.0 Å². The molecule has 8 saturated carbocycles. The first kappa shape index (κ1) is 16.3. The monoisotopic (exact) mass is 400 g/mol. The van der Waals surface area contributed by atoms with Crippen LogP contribution in [0.1, 0.15) is 64.7 Å². The van der Waals surface area contributed by atoms with Crippen molar-refractivity contribution in [3.05, 3.63) is 0 Å². The minimum absolute atomic E-state index is 0.118. The van der Waals surface area contributed by atoms with E-state index in [-0.39, 0.29) is 16.9 Å². The fourth-order valence-electron chi connectivity index (χ4n) is 11.0. The van der Waals surface area contributed by atoms with E-state index >= 15 is 0 Å². The van der Waals surface area contributed by atoms with Crippen LogP contribution in [0, 0.1) is 46.3 Å². The lowest BCUT2D eigenvalue weighted by Crippen LogP contribution is -2.87. The van der Waals surface area contributed by atoms with Crippen LogP contribution in [-0.4, -0.2) is 29.8 Å². The van der Waals surface area contributed by atoms with E-state index in [1.807, 2.05) is 0 Å². The Morgan fingerprint density at radius 2 is 1.48 bits per heavy atom. The zero-order valence-corrected chi connectivity index (χ0v) is 16.9. The Balaban J connectivity index is 1.37. The highest BCUT2D eigenvalue weighted by Crippen LogP contribution is 2.82. The van der Waals surface area contributed by atoms with Gasteiger partial charge in [0.25, 0.3) is 0 Å². The van der Waals surface area contributed by atoms with Crippen LogP contribution < -0.4 is 0 Å². The van der Waals surface area contributed by atoms with Crippen molar-refractivity contribution in [2.45, 2.75) is 82.2 Å². The largest absolute Gasteiger partial charge is 0.515 e. The molecule has 2 saturated heterocycles. The fourth-order valence-corrected chi connectivity index (χ4v) is 11.0. The summed E-state index contributed by atoms with van der Waals surface area (Å²) in [4.78, 5) is 24.5.